The van der Waals surface area contributed by atoms with E-state index in [1.807, 2.05) is 6.07 Å². The Hall–Kier alpha value is -2.89. The van der Waals surface area contributed by atoms with Crippen LogP contribution in [-0.2, 0) is 0 Å². The highest BCUT2D eigenvalue weighted by atomic mass is 16.6. The summed E-state index contributed by atoms with van der Waals surface area (Å²) in [7, 11) is 3.16. The van der Waals surface area contributed by atoms with E-state index in [0.717, 1.165) is 5.69 Å². The Morgan fingerprint density at radius 1 is 1.04 bits per heavy atom. The molecule has 1 heterocycles. The number of ether oxygens (including phenoxy) is 4. The van der Waals surface area contributed by atoms with Crippen molar-refractivity contribution in [2.24, 2.45) is 0 Å². The summed E-state index contributed by atoms with van der Waals surface area (Å²) in [6.07, 6.45) is 0. The van der Waals surface area contributed by atoms with Gasteiger partial charge in [0.2, 0.25) is 0 Å². The smallest absolute Gasteiger partial charge is 0.181 e. The van der Waals surface area contributed by atoms with Gasteiger partial charge in [-0.2, -0.15) is 0 Å². The second-order valence-corrected chi connectivity index (χ2v) is 5.20. The zero-order valence-electron chi connectivity index (χ0n) is 13.6. The van der Waals surface area contributed by atoms with E-state index in [-0.39, 0.29) is 12.3 Å². The number of methoxy groups -OCH3 is 2. The van der Waals surface area contributed by atoms with E-state index in [1.165, 1.54) is 0 Å². The van der Waals surface area contributed by atoms with E-state index in [9.17, 15) is 4.79 Å². The van der Waals surface area contributed by atoms with E-state index in [4.69, 9.17) is 18.9 Å². The molecule has 0 spiro atoms. The first kappa shape index (κ1) is 16.0. The maximum atomic E-state index is 12.4. The highest BCUT2D eigenvalue weighted by molar-refractivity contribution is 5.99. The molecule has 24 heavy (non-hydrogen) atoms. The lowest BCUT2D eigenvalue weighted by atomic mass is 10.1. The van der Waals surface area contributed by atoms with E-state index in [2.05, 4.69) is 5.32 Å². The molecule has 1 aliphatic heterocycles. The fraction of sp³-hybridized carbons (Fsp3) is 0.278. The maximum absolute atomic E-state index is 12.4. The highest BCUT2D eigenvalue weighted by Crippen LogP contribution is 2.31. The van der Waals surface area contributed by atoms with Crippen LogP contribution in [0, 0.1) is 0 Å². The van der Waals surface area contributed by atoms with Gasteiger partial charge in [-0.15, -0.1) is 0 Å². The number of carbonyl (C=O) groups is 1. The largest absolute Gasteiger partial charge is 0.497 e. The molecule has 0 aliphatic carbocycles. The van der Waals surface area contributed by atoms with Crippen LogP contribution in [0.15, 0.2) is 36.4 Å². The van der Waals surface area contributed by atoms with Gasteiger partial charge in [-0.25, -0.2) is 0 Å². The van der Waals surface area contributed by atoms with Crippen LogP contribution in [0.1, 0.15) is 10.4 Å². The summed E-state index contributed by atoms with van der Waals surface area (Å²) in [5.74, 6) is 2.53. The summed E-state index contributed by atoms with van der Waals surface area (Å²) < 4.78 is 21.4. The molecule has 0 aromatic heterocycles. The predicted molar refractivity (Wildman–Crippen MR) is 89.8 cm³/mol. The zero-order chi connectivity index (χ0) is 16.9. The number of anilines is 1. The summed E-state index contributed by atoms with van der Waals surface area (Å²) >= 11 is 0. The number of rotatable bonds is 6. The molecule has 0 radical (unpaired) electrons. The van der Waals surface area contributed by atoms with Gasteiger partial charge in [0.25, 0.3) is 0 Å². The first-order valence-corrected chi connectivity index (χ1v) is 7.60. The lowest BCUT2D eigenvalue weighted by Crippen LogP contribution is -2.17. The molecule has 0 saturated heterocycles. The van der Waals surface area contributed by atoms with Gasteiger partial charge >= 0.3 is 0 Å². The van der Waals surface area contributed by atoms with Crippen LogP contribution in [0.4, 0.5) is 5.69 Å². The highest BCUT2D eigenvalue weighted by Gasteiger charge is 2.15. The van der Waals surface area contributed by atoms with Gasteiger partial charge in [-0.05, 0) is 30.3 Å². The van der Waals surface area contributed by atoms with Crippen LogP contribution in [0.5, 0.6) is 23.0 Å². The monoisotopic (exact) mass is 329 g/mol. The SMILES string of the molecule is COc1ccc(NCC(=O)c2ccc3c(c2)OCCO3)c(OC)c1. The van der Waals surface area contributed by atoms with Crippen LogP contribution in [0.3, 0.4) is 0 Å². The molecule has 1 N–H and O–H groups in total. The van der Waals surface area contributed by atoms with E-state index in [1.54, 1.807) is 44.6 Å². The minimum atomic E-state index is -0.0511. The average molecular weight is 329 g/mol. The van der Waals surface area contributed by atoms with Gasteiger partial charge in [0, 0.05) is 11.6 Å². The summed E-state index contributed by atoms with van der Waals surface area (Å²) in [4.78, 5) is 12.4. The van der Waals surface area contributed by atoms with Crippen molar-refractivity contribution in [2.75, 3.05) is 39.3 Å². The number of benzene rings is 2. The van der Waals surface area contributed by atoms with Crippen LogP contribution in [0.25, 0.3) is 0 Å². The van der Waals surface area contributed by atoms with Crippen molar-refractivity contribution in [2.45, 2.75) is 0 Å². The second kappa shape index (κ2) is 7.12. The molecule has 0 atom stereocenters. The molecule has 2 aromatic carbocycles. The van der Waals surface area contributed by atoms with Gasteiger partial charge in [-0.3, -0.25) is 4.79 Å². The van der Waals surface area contributed by atoms with Gasteiger partial charge < -0.3 is 24.3 Å². The van der Waals surface area contributed by atoms with E-state index in [0.29, 0.717) is 41.8 Å². The Morgan fingerprint density at radius 2 is 1.83 bits per heavy atom. The Balaban J connectivity index is 1.69. The number of nitrogens with one attached hydrogen (secondary N) is 1. The molecular formula is C18H19NO5. The lowest BCUT2D eigenvalue weighted by molar-refractivity contribution is 0.100. The molecule has 2 aromatic rings. The van der Waals surface area contributed by atoms with E-state index >= 15 is 0 Å². The standard InChI is InChI=1S/C18H19NO5/c1-21-13-4-5-14(17(10-13)22-2)19-11-15(20)12-3-6-16-18(9-12)24-8-7-23-16/h3-6,9-10,19H,7-8,11H2,1-2H3. The first-order chi connectivity index (χ1) is 11.7. The predicted octanol–water partition coefficient (Wildman–Crippen LogP) is 2.77. The van der Waals surface area contributed by atoms with Crippen molar-refractivity contribution in [3.8, 4) is 23.0 Å². The van der Waals surface area contributed by atoms with Crippen molar-refractivity contribution in [3.63, 3.8) is 0 Å². The molecule has 3 rings (SSSR count). The molecular weight excluding hydrogens is 310 g/mol. The molecule has 0 amide bonds. The lowest BCUT2D eigenvalue weighted by Gasteiger charge is -2.18. The van der Waals surface area contributed by atoms with Crippen LogP contribution in [0.2, 0.25) is 0 Å². The summed E-state index contributed by atoms with van der Waals surface area (Å²) in [6, 6.07) is 10.6. The summed E-state index contributed by atoms with van der Waals surface area (Å²) in [5, 5.41) is 3.09. The van der Waals surface area contributed by atoms with Crippen LogP contribution < -0.4 is 24.3 Å². The van der Waals surface area contributed by atoms with Crippen molar-refractivity contribution >= 4 is 11.5 Å². The number of fused-ring (bicyclic) bond motifs is 1. The molecule has 6 heteroatoms. The first-order valence-electron chi connectivity index (χ1n) is 7.60. The molecule has 0 unspecified atom stereocenters. The van der Waals surface area contributed by atoms with Gasteiger partial charge in [0.15, 0.2) is 17.3 Å². The zero-order valence-corrected chi connectivity index (χ0v) is 13.6. The topological polar surface area (TPSA) is 66.0 Å². The normalized spacial score (nSPS) is 12.4. The molecule has 6 nitrogen and oxygen atoms in total. The third kappa shape index (κ3) is 3.37. The number of Topliss-reactive ketones (excluding diaryl/α,β-unsaturated/α-hetero) is 1. The molecule has 0 bridgehead atoms. The number of hydrogen-bond donors (Lipinski definition) is 1. The molecule has 1 aliphatic rings. The summed E-state index contributed by atoms with van der Waals surface area (Å²) in [6.45, 7) is 1.16. The second-order valence-electron chi connectivity index (χ2n) is 5.20. The quantitative estimate of drug-likeness (QED) is 0.822. The van der Waals surface area contributed by atoms with Gasteiger partial charge in [0.1, 0.15) is 24.7 Å². The third-order valence-electron chi connectivity index (χ3n) is 3.71. The number of hydrogen-bond acceptors (Lipinski definition) is 6. The van der Waals surface area contributed by atoms with Crippen molar-refractivity contribution < 1.29 is 23.7 Å². The van der Waals surface area contributed by atoms with E-state index < -0.39 is 0 Å². The molecule has 0 saturated carbocycles. The average Bonchev–Trinajstić information content (AvgIpc) is 2.65. The number of carbonyl (C=O) groups excluding carboxylic acids is 1. The van der Waals surface area contributed by atoms with Crippen LogP contribution >= 0.6 is 0 Å². The van der Waals surface area contributed by atoms with Crippen molar-refractivity contribution in [3.05, 3.63) is 42.0 Å². The molecule has 0 fully saturated rings. The van der Waals surface area contributed by atoms with Crippen molar-refractivity contribution in [1.29, 1.82) is 0 Å². The fourth-order valence-corrected chi connectivity index (χ4v) is 2.44. The Labute approximate surface area is 140 Å². The Morgan fingerprint density at radius 3 is 2.58 bits per heavy atom. The third-order valence-corrected chi connectivity index (χ3v) is 3.71. The van der Waals surface area contributed by atoms with Crippen molar-refractivity contribution in [1.82, 2.24) is 0 Å². The van der Waals surface area contributed by atoms with Gasteiger partial charge in [0.05, 0.1) is 26.5 Å². The number of ketones is 1. The fourth-order valence-electron chi connectivity index (χ4n) is 2.44. The van der Waals surface area contributed by atoms with Gasteiger partial charge in [-0.1, -0.05) is 0 Å². The molecule has 126 valence electrons. The maximum Gasteiger partial charge on any atom is 0.181 e. The minimum Gasteiger partial charge on any atom is -0.497 e. The minimum absolute atomic E-state index is 0.0511. The van der Waals surface area contributed by atoms with Crippen LogP contribution in [-0.4, -0.2) is 39.8 Å². The Kier molecular flexibility index (Phi) is 4.74. The summed E-state index contributed by atoms with van der Waals surface area (Å²) in [5.41, 5.74) is 1.29. The Bertz CT molecular complexity index is 744.